The molecule has 1 saturated heterocycles. The van der Waals surface area contributed by atoms with Gasteiger partial charge >= 0.3 is 0 Å². The lowest BCUT2D eigenvalue weighted by atomic mass is 9.87. The Kier molecular flexibility index (Phi) is 3.88. The smallest absolute Gasteiger partial charge is 0.137 e. The minimum Gasteiger partial charge on any atom is -0.370 e. The Hall–Kier alpha value is -0.410. The van der Waals surface area contributed by atoms with Crippen LogP contribution in [-0.2, 0) is 9.53 Å². The van der Waals surface area contributed by atoms with Gasteiger partial charge in [0, 0.05) is 32.0 Å². The first-order valence-electron chi connectivity index (χ1n) is 6.89. The van der Waals surface area contributed by atoms with Gasteiger partial charge in [-0.3, -0.25) is 9.69 Å². The maximum atomic E-state index is 11.9. The van der Waals surface area contributed by atoms with E-state index in [1.54, 1.807) is 0 Å². The summed E-state index contributed by atoms with van der Waals surface area (Å²) in [6.45, 7) is 9.25. The third-order valence-corrected chi connectivity index (χ3v) is 3.80. The summed E-state index contributed by atoms with van der Waals surface area (Å²) in [5, 5.41) is 0. The quantitative estimate of drug-likeness (QED) is 0.740. The van der Waals surface area contributed by atoms with Crippen molar-refractivity contribution in [3.63, 3.8) is 0 Å². The number of ketones is 1. The number of hydrogen-bond acceptors (Lipinski definition) is 3. The van der Waals surface area contributed by atoms with Crippen LogP contribution in [-0.4, -0.2) is 42.0 Å². The van der Waals surface area contributed by atoms with E-state index < -0.39 is 0 Å². The fraction of sp³-hybridized carbons (Fsp3) is 0.929. The van der Waals surface area contributed by atoms with E-state index in [2.05, 4.69) is 25.7 Å². The minimum atomic E-state index is -0.0740. The summed E-state index contributed by atoms with van der Waals surface area (Å²) in [5.41, 5.74) is -0.0740. The first-order valence-corrected chi connectivity index (χ1v) is 6.89. The van der Waals surface area contributed by atoms with Gasteiger partial charge in [0.05, 0.1) is 11.7 Å². The van der Waals surface area contributed by atoms with Crippen molar-refractivity contribution >= 4 is 5.78 Å². The van der Waals surface area contributed by atoms with Crippen molar-refractivity contribution in [3.05, 3.63) is 0 Å². The Labute approximate surface area is 105 Å². The van der Waals surface area contributed by atoms with Crippen LogP contribution in [0.3, 0.4) is 0 Å². The van der Waals surface area contributed by atoms with Crippen molar-refractivity contribution < 1.29 is 9.53 Å². The predicted molar refractivity (Wildman–Crippen MR) is 68.0 cm³/mol. The second-order valence-electron chi connectivity index (χ2n) is 6.29. The van der Waals surface area contributed by atoms with Crippen molar-refractivity contribution in [2.75, 3.05) is 19.6 Å². The molecule has 0 spiro atoms. The standard InChI is InChI=1S/C14H25NO2/c1-11-8-15(10-14(2,3)17-11)9-12-6-4-5-7-13(12)16/h11-12H,4-10H2,1-3H3. The zero-order valence-electron chi connectivity index (χ0n) is 11.4. The molecule has 2 aliphatic rings. The molecule has 2 unspecified atom stereocenters. The molecule has 0 bridgehead atoms. The number of nitrogens with zero attached hydrogens (tertiary/aromatic N) is 1. The van der Waals surface area contributed by atoms with Crippen LogP contribution in [0.4, 0.5) is 0 Å². The highest BCUT2D eigenvalue weighted by molar-refractivity contribution is 5.81. The second kappa shape index (κ2) is 5.07. The van der Waals surface area contributed by atoms with Gasteiger partial charge in [0.25, 0.3) is 0 Å². The van der Waals surface area contributed by atoms with Gasteiger partial charge in [-0.2, -0.15) is 0 Å². The van der Waals surface area contributed by atoms with Gasteiger partial charge in [-0.15, -0.1) is 0 Å². The van der Waals surface area contributed by atoms with E-state index in [9.17, 15) is 4.79 Å². The maximum Gasteiger partial charge on any atom is 0.137 e. The van der Waals surface area contributed by atoms with Gasteiger partial charge in [0.1, 0.15) is 5.78 Å². The van der Waals surface area contributed by atoms with E-state index in [0.717, 1.165) is 38.9 Å². The molecule has 0 aromatic rings. The molecule has 2 fully saturated rings. The molecule has 1 aliphatic heterocycles. The number of carbonyl (C=O) groups is 1. The van der Waals surface area contributed by atoms with Crippen LogP contribution < -0.4 is 0 Å². The number of carbonyl (C=O) groups excluding carboxylic acids is 1. The normalized spacial score (nSPS) is 34.9. The third kappa shape index (κ3) is 3.52. The zero-order chi connectivity index (χ0) is 12.5. The van der Waals surface area contributed by atoms with Crippen molar-refractivity contribution in [1.82, 2.24) is 4.90 Å². The third-order valence-electron chi connectivity index (χ3n) is 3.80. The number of Topliss-reactive ketones (excluding diaryl/α,β-unsaturated/α-hetero) is 1. The molecular weight excluding hydrogens is 214 g/mol. The van der Waals surface area contributed by atoms with Crippen LogP contribution in [0, 0.1) is 5.92 Å². The van der Waals surface area contributed by atoms with Crippen LogP contribution in [0.25, 0.3) is 0 Å². The fourth-order valence-corrected chi connectivity index (χ4v) is 3.28. The number of rotatable bonds is 2. The highest BCUT2D eigenvalue weighted by Crippen LogP contribution is 2.25. The zero-order valence-corrected chi connectivity index (χ0v) is 11.4. The van der Waals surface area contributed by atoms with E-state index >= 15 is 0 Å². The Morgan fingerprint density at radius 3 is 2.82 bits per heavy atom. The lowest BCUT2D eigenvalue weighted by Crippen LogP contribution is -2.53. The highest BCUT2D eigenvalue weighted by Gasteiger charge is 2.33. The second-order valence-corrected chi connectivity index (χ2v) is 6.29. The van der Waals surface area contributed by atoms with E-state index in [1.807, 2.05) is 0 Å². The molecule has 3 heteroatoms. The van der Waals surface area contributed by atoms with Gasteiger partial charge in [-0.25, -0.2) is 0 Å². The Morgan fingerprint density at radius 1 is 1.41 bits per heavy atom. The summed E-state index contributed by atoms with van der Waals surface area (Å²) in [6, 6.07) is 0. The van der Waals surface area contributed by atoms with E-state index in [0.29, 0.717) is 5.78 Å². The summed E-state index contributed by atoms with van der Waals surface area (Å²) in [4.78, 5) is 14.3. The lowest BCUT2D eigenvalue weighted by molar-refractivity contribution is -0.138. The molecular formula is C14H25NO2. The molecule has 0 amide bonds. The molecule has 1 saturated carbocycles. The highest BCUT2D eigenvalue weighted by atomic mass is 16.5. The SMILES string of the molecule is CC1CN(CC2CCCCC2=O)CC(C)(C)O1. The minimum absolute atomic E-state index is 0.0740. The van der Waals surface area contributed by atoms with Crippen molar-refractivity contribution in [3.8, 4) is 0 Å². The summed E-state index contributed by atoms with van der Waals surface area (Å²) in [7, 11) is 0. The van der Waals surface area contributed by atoms with Gasteiger partial charge in [-0.05, 0) is 33.6 Å². The van der Waals surface area contributed by atoms with Gasteiger partial charge in [0.15, 0.2) is 0 Å². The first kappa shape index (κ1) is 13.0. The van der Waals surface area contributed by atoms with Gasteiger partial charge in [0.2, 0.25) is 0 Å². The van der Waals surface area contributed by atoms with Crippen LogP contribution >= 0.6 is 0 Å². The molecule has 17 heavy (non-hydrogen) atoms. The van der Waals surface area contributed by atoms with Gasteiger partial charge < -0.3 is 4.74 Å². The Balaban J connectivity index is 1.91. The molecule has 3 nitrogen and oxygen atoms in total. The summed E-state index contributed by atoms with van der Waals surface area (Å²) >= 11 is 0. The van der Waals surface area contributed by atoms with Crippen LogP contribution in [0.5, 0.6) is 0 Å². The number of ether oxygens (including phenoxy) is 1. The number of hydrogen-bond donors (Lipinski definition) is 0. The Morgan fingerprint density at radius 2 is 2.18 bits per heavy atom. The monoisotopic (exact) mass is 239 g/mol. The van der Waals surface area contributed by atoms with Gasteiger partial charge in [-0.1, -0.05) is 6.42 Å². The molecule has 0 aromatic carbocycles. The topological polar surface area (TPSA) is 29.5 Å². The molecule has 0 radical (unpaired) electrons. The van der Waals surface area contributed by atoms with Crippen molar-refractivity contribution in [2.24, 2.45) is 5.92 Å². The lowest BCUT2D eigenvalue weighted by Gasteiger charge is -2.43. The number of morpholine rings is 1. The molecule has 0 N–H and O–H groups in total. The summed E-state index contributed by atoms with van der Waals surface area (Å²) in [5.74, 6) is 0.762. The molecule has 98 valence electrons. The average molecular weight is 239 g/mol. The first-order chi connectivity index (χ1) is 7.96. The van der Waals surface area contributed by atoms with Crippen LogP contribution in [0.1, 0.15) is 46.5 Å². The fourth-order valence-electron chi connectivity index (χ4n) is 3.28. The molecule has 1 heterocycles. The van der Waals surface area contributed by atoms with E-state index in [1.165, 1.54) is 6.42 Å². The summed E-state index contributed by atoms with van der Waals surface area (Å²) in [6.07, 6.45) is 4.48. The molecule has 1 aliphatic carbocycles. The molecule has 2 rings (SSSR count). The van der Waals surface area contributed by atoms with Crippen molar-refractivity contribution in [2.45, 2.75) is 58.2 Å². The average Bonchev–Trinajstić information content (AvgIpc) is 2.18. The predicted octanol–water partition coefficient (Wildman–Crippen LogP) is 2.25. The van der Waals surface area contributed by atoms with E-state index in [4.69, 9.17) is 4.74 Å². The largest absolute Gasteiger partial charge is 0.370 e. The maximum absolute atomic E-state index is 11.9. The Bertz CT molecular complexity index is 288. The van der Waals surface area contributed by atoms with E-state index in [-0.39, 0.29) is 17.6 Å². The van der Waals surface area contributed by atoms with Crippen molar-refractivity contribution in [1.29, 1.82) is 0 Å². The van der Waals surface area contributed by atoms with Crippen LogP contribution in [0.15, 0.2) is 0 Å². The van der Waals surface area contributed by atoms with Crippen LogP contribution in [0.2, 0.25) is 0 Å². The molecule has 2 atom stereocenters. The molecule has 0 aromatic heterocycles. The summed E-state index contributed by atoms with van der Waals surface area (Å²) < 4.78 is 5.89.